The van der Waals surface area contributed by atoms with Crippen molar-refractivity contribution in [2.75, 3.05) is 0 Å². The Hall–Kier alpha value is -1.42. The van der Waals surface area contributed by atoms with E-state index in [1.54, 1.807) is 6.92 Å². The summed E-state index contributed by atoms with van der Waals surface area (Å²) >= 11 is 0. The molecule has 0 amide bonds. The fourth-order valence-electron chi connectivity index (χ4n) is 4.38. The topological polar surface area (TPSA) is 63.6 Å². The van der Waals surface area contributed by atoms with Crippen molar-refractivity contribution in [1.82, 2.24) is 0 Å². The predicted octanol–water partition coefficient (Wildman–Crippen LogP) is 3.73. The highest BCUT2D eigenvalue weighted by atomic mass is 16.6. The van der Waals surface area contributed by atoms with E-state index in [0.717, 1.165) is 23.1 Å². The monoisotopic (exact) mass is 334 g/mol. The summed E-state index contributed by atoms with van der Waals surface area (Å²) in [6.45, 7) is 11.4. The van der Waals surface area contributed by atoms with E-state index in [9.17, 15) is 14.7 Å². The lowest BCUT2D eigenvalue weighted by Crippen LogP contribution is -2.59. The Kier molecular flexibility index (Phi) is 5.10. The van der Waals surface area contributed by atoms with Crippen molar-refractivity contribution >= 4 is 11.8 Å². The summed E-state index contributed by atoms with van der Waals surface area (Å²) in [5.41, 5.74) is 1.34. The maximum absolute atomic E-state index is 12.5. The van der Waals surface area contributed by atoms with Crippen LogP contribution >= 0.6 is 0 Å². The molecule has 2 rings (SSSR count). The number of fused-ring (bicyclic) bond motifs is 1. The molecule has 4 nitrogen and oxygen atoms in total. The molecule has 0 spiro atoms. The van der Waals surface area contributed by atoms with Crippen LogP contribution in [0, 0.1) is 11.3 Å². The number of hydrogen-bond acceptors (Lipinski definition) is 4. The van der Waals surface area contributed by atoms with Gasteiger partial charge < -0.3 is 9.84 Å². The highest BCUT2D eigenvalue weighted by Gasteiger charge is 2.57. The van der Waals surface area contributed by atoms with Gasteiger partial charge in [-0.2, -0.15) is 0 Å². The molecule has 0 unspecified atom stereocenters. The van der Waals surface area contributed by atoms with Crippen LogP contribution in [-0.4, -0.2) is 28.6 Å². The molecule has 0 aliphatic heterocycles. The summed E-state index contributed by atoms with van der Waals surface area (Å²) in [6, 6.07) is 0. The van der Waals surface area contributed by atoms with E-state index in [4.69, 9.17) is 4.74 Å². The smallest absolute Gasteiger partial charge is 0.331 e. The van der Waals surface area contributed by atoms with Crippen LogP contribution in [0.1, 0.15) is 67.2 Å². The van der Waals surface area contributed by atoms with Gasteiger partial charge in [-0.3, -0.25) is 4.79 Å². The van der Waals surface area contributed by atoms with Crippen LogP contribution in [0.25, 0.3) is 0 Å². The first-order valence-corrected chi connectivity index (χ1v) is 8.75. The van der Waals surface area contributed by atoms with Gasteiger partial charge in [0.2, 0.25) is 0 Å². The molecule has 0 radical (unpaired) electrons. The van der Waals surface area contributed by atoms with Gasteiger partial charge in [0, 0.05) is 18.4 Å². The minimum Gasteiger partial charge on any atom is -0.456 e. The Morgan fingerprint density at radius 2 is 1.88 bits per heavy atom. The number of allylic oxidation sites excluding steroid dienone is 3. The highest BCUT2D eigenvalue weighted by molar-refractivity contribution is 5.97. The number of ketones is 1. The zero-order valence-electron chi connectivity index (χ0n) is 15.7. The van der Waals surface area contributed by atoms with E-state index in [0.29, 0.717) is 19.3 Å². The molecule has 1 N–H and O–H groups in total. The Balaban J connectivity index is 2.29. The maximum atomic E-state index is 12.5. The van der Waals surface area contributed by atoms with Crippen LogP contribution < -0.4 is 0 Å². The predicted molar refractivity (Wildman–Crippen MR) is 93.4 cm³/mol. The lowest BCUT2D eigenvalue weighted by molar-refractivity contribution is -0.196. The van der Waals surface area contributed by atoms with E-state index < -0.39 is 17.7 Å². The average Bonchev–Trinajstić information content (AvgIpc) is 2.40. The van der Waals surface area contributed by atoms with E-state index in [1.807, 2.05) is 27.7 Å². The minimum absolute atomic E-state index is 0.0918. The summed E-state index contributed by atoms with van der Waals surface area (Å²) in [5, 5.41) is 11.2. The molecular formula is C20H30O4. The Morgan fingerprint density at radius 3 is 2.42 bits per heavy atom. The van der Waals surface area contributed by atoms with Gasteiger partial charge in [0.1, 0.15) is 11.7 Å². The van der Waals surface area contributed by atoms with Crippen LogP contribution in [0.5, 0.6) is 0 Å². The fraction of sp³-hybridized carbons (Fsp3) is 0.700. The summed E-state index contributed by atoms with van der Waals surface area (Å²) in [6.07, 6.45) is 3.30. The van der Waals surface area contributed by atoms with Crippen LogP contribution in [0.3, 0.4) is 0 Å². The number of aliphatic hydroxyl groups is 1. The molecule has 2 saturated carbocycles. The van der Waals surface area contributed by atoms with Crippen LogP contribution in [0.15, 0.2) is 22.8 Å². The third-order valence-electron chi connectivity index (χ3n) is 5.75. The van der Waals surface area contributed by atoms with Gasteiger partial charge >= 0.3 is 5.97 Å². The third kappa shape index (κ3) is 3.49. The van der Waals surface area contributed by atoms with Gasteiger partial charge in [0.25, 0.3) is 0 Å². The SMILES string of the molecule is CC(C)=CC(=O)O[C@@H]1CC[C@]2(C)CC(=O)C(=C(C)C)C[C@H]2[C@]1(C)O. The number of hydrogen-bond donors (Lipinski definition) is 1. The van der Waals surface area contributed by atoms with Gasteiger partial charge in [-0.05, 0) is 64.9 Å². The molecular weight excluding hydrogens is 304 g/mol. The largest absolute Gasteiger partial charge is 0.456 e. The fourth-order valence-corrected chi connectivity index (χ4v) is 4.38. The first-order chi connectivity index (χ1) is 11.0. The van der Waals surface area contributed by atoms with Crippen LogP contribution in [0.4, 0.5) is 0 Å². The van der Waals surface area contributed by atoms with Crippen molar-refractivity contribution in [3.05, 3.63) is 22.8 Å². The first kappa shape index (κ1) is 18.9. The lowest BCUT2D eigenvalue weighted by Gasteiger charge is -2.55. The van der Waals surface area contributed by atoms with Crippen molar-refractivity contribution in [3.63, 3.8) is 0 Å². The zero-order chi connectivity index (χ0) is 18.3. The second kappa shape index (κ2) is 6.47. The second-order valence-corrected chi connectivity index (χ2v) is 8.40. The Morgan fingerprint density at radius 1 is 1.25 bits per heavy atom. The third-order valence-corrected chi connectivity index (χ3v) is 5.75. The first-order valence-electron chi connectivity index (χ1n) is 8.75. The molecule has 0 aromatic rings. The van der Waals surface area contributed by atoms with Gasteiger partial charge in [0.15, 0.2) is 5.78 Å². The maximum Gasteiger partial charge on any atom is 0.331 e. The molecule has 24 heavy (non-hydrogen) atoms. The van der Waals surface area contributed by atoms with Gasteiger partial charge in [-0.25, -0.2) is 4.79 Å². The van der Waals surface area contributed by atoms with E-state index in [2.05, 4.69) is 6.92 Å². The number of Topliss-reactive ketones (excluding diaryl/α,β-unsaturated/α-hetero) is 1. The number of rotatable bonds is 2. The second-order valence-electron chi connectivity index (χ2n) is 8.40. The summed E-state index contributed by atoms with van der Waals surface area (Å²) in [4.78, 5) is 24.5. The molecule has 0 aromatic heterocycles. The summed E-state index contributed by atoms with van der Waals surface area (Å²) in [5.74, 6) is -0.298. The molecule has 134 valence electrons. The highest BCUT2D eigenvalue weighted by Crippen LogP contribution is 2.55. The van der Waals surface area contributed by atoms with Gasteiger partial charge in [-0.1, -0.05) is 18.1 Å². The molecule has 2 aliphatic rings. The number of esters is 1. The zero-order valence-corrected chi connectivity index (χ0v) is 15.7. The molecule has 0 bridgehead atoms. The standard InChI is InChI=1S/C20H30O4/c1-12(2)9-18(22)24-17-7-8-19(5)11-15(21)14(13(3)4)10-16(19)20(17,6)23/h9,16-17,23H,7-8,10-11H2,1-6H3/t16-,17-,19-,20+/m1/s1. The van der Waals surface area contributed by atoms with Crippen molar-refractivity contribution in [2.24, 2.45) is 11.3 Å². The number of carbonyl (C=O) groups is 2. The number of ether oxygens (including phenoxy) is 1. The van der Waals surface area contributed by atoms with Gasteiger partial charge in [-0.15, -0.1) is 0 Å². The summed E-state index contributed by atoms with van der Waals surface area (Å²) < 4.78 is 5.57. The summed E-state index contributed by atoms with van der Waals surface area (Å²) in [7, 11) is 0. The molecule has 2 aliphatic carbocycles. The van der Waals surface area contributed by atoms with E-state index in [1.165, 1.54) is 6.08 Å². The van der Waals surface area contributed by atoms with Crippen molar-refractivity contribution in [1.29, 1.82) is 0 Å². The molecule has 0 aromatic carbocycles. The molecule has 0 heterocycles. The number of carbonyl (C=O) groups excluding carboxylic acids is 2. The molecule has 0 saturated heterocycles. The lowest BCUT2D eigenvalue weighted by atomic mass is 9.53. The van der Waals surface area contributed by atoms with Crippen molar-refractivity contribution in [3.8, 4) is 0 Å². The van der Waals surface area contributed by atoms with Crippen molar-refractivity contribution in [2.45, 2.75) is 78.9 Å². The molecule has 4 heteroatoms. The van der Waals surface area contributed by atoms with Crippen LogP contribution in [0.2, 0.25) is 0 Å². The minimum atomic E-state index is -1.14. The quantitative estimate of drug-likeness (QED) is 0.617. The Bertz CT molecular complexity index is 603. The molecule has 2 fully saturated rings. The van der Waals surface area contributed by atoms with E-state index in [-0.39, 0.29) is 17.1 Å². The van der Waals surface area contributed by atoms with Gasteiger partial charge in [0.05, 0.1) is 0 Å². The molecule has 4 atom stereocenters. The average molecular weight is 334 g/mol. The van der Waals surface area contributed by atoms with Crippen LogP contribution in [-0.2, 0) is 14.3 Å². The van der Waals surface area contributed by atoms with E-state index >= 15 is 0 Å². The van der Waals surface area contributed by atoms with Crippen molar-refractivity contribution < 1.29 is 19.4 Å². The Labute approximate surface area is 145 Å². The normalized spacial score (nSPS) is 36.0.